The van der Waals surface area contributed by atoms with Gasteiger partial charge in [-0.2, -0.15) is 0 Å². The molecule has 0 saturated heterocycles. The Morgan fingerprint density at radius 3 is 2.55 bits per heavy atom. The van der Waals surface area contributed by atoms with E-state index in [2.05, 4.69) is 48.6 Å². The van der Waals surface area contributed by atoms with Gasteiger partial charge in [-0.1, -0.05) is 48.5 Å². The average molecular weight is 404 g/mol. The molecule has 0 unspecified atom stereocenters. The highest BCUT2D eigenvalue weighted by molar-refractivity contribution is 7.18. The van der Waals surface area contributed by atoms with E-state index >= 15 is 0 Å². The average Bonchev–Trinajstić information content (AvgIpc) is 3.16. The third kappa shape index (κ3) is 4.31. The van der Waals surface area contributed by atoms with E-state index in [4.69, 9.17) is 4.98 Å². The molecule has 0 aliphatic rings. The molecule has 0 aliphatic carbocycles. The fourth-order valence-corrected chi connectivity index (χ4v) is 4.55. The number of aromatic nitrogens is 1. The lowest BCUT2D eigenvalue weighted by atomic mass is 10.0. The number of likely N-dealkylation sites (N-methyl/N-ethyl adjacent to an activating group) is 1. The Morgan fingerprint density at radius 1 is 1.03 bits per heavy atom. The van der Waals surface area contributed by atoms with E-state index < -0.39 is 0 Å². The topological polar surface area (TPSA) is 45.2 Å². The van der Waals surface area contributed by atoms with Gasteiger partial charge in [-0.25, -0.2) is 4.98 Å². The SMILES string of the molecule is C[C@H](NC(=O)CN(C)[C@@H](C)c1nc2ccccc2s1)c1ccc2ccccc2c1. The van der Waals surface area contributed by atoms with E-state index in [1.54, 1.807) is 11.3 Å². The minimum Gasteiger partial charge on any atom is -0.348 e. The first-order valence-electron chi connectivity index (χ1n) is 9.85. The minimum absolute atomic E-state index is 0.0149. The lowest BCUT2D eigenvalue weighted by Gasteiger charge is -2.23. The molecular weight excluding hydrogens is 378 g/mol. The molecule has 148 valence electrons. The Labute approximate surface area is 175 Å². The van der Waals surface area contributed by atoms with Crippen molar-refractivity contribution in [3.63, 3.8) is 0 Å². The van der Waals surface area contributed by atoms with Crippen molar-refractivity contribution in [2.45, 2.75) is 25.9 Å². The first-order chi connectivity index (χ1) is 14.0. The van der Waals surface area contributed by atoms with Crippen molar-refractivity contribution in [2.75, 3.05) is 13.6 Å². The van der Waals surface area contributed by atoms with Crippen LogP contribution in [0.15, 0.2) is 66.7 Å². The smallest absolute Gasteiger partial charge is 0.234 e. The number of carbonyl (C=O) groups excluding carboxylic acids is 1. The van der Waals surface area contributed by atoms with Crippen molar-refractivity contribution in [3.05, 3.63) is 77.3 Å². The summed E-state index contributed by atoms with van der Waals surface area (Å²) in [5.41, 5.74) is 2.13. The number of amides is 1. The van der Waals surface area contributed by atoms with Crippen LogP contribution in [-0.4, -0.2) is 29.4 Å². The molecule has 3 aromatic carbocycles. The van der Waals surface area contributed by atoms with Crippen molar-refractivity contribution in [1.82, 2.24) is 15.2 Å². The number of carbonyl (C=O) groups is 1. The maximum Gasteiger partial charge on any atom is 0.234 e. The van der Waals surface area contributed by atoms with Gasteiger partial charge in [0.15, 0.2) is 0 Å². The quantitative estimate of drug-likeness (QED) is 0.474. The van der Waals surface area contributed by atoms with Crippen molar-refractivity contribution in [1.29, 1.82) is 0 Å². The number of benzene rings is 3. The zero-order valence-electron chi connectivity index (χ0n) is 16.9. The fraction of sp³-hybridized carbons (Fsp3) is 0.250. The van der Waals surface area contributed by atoms with E-state index in [9.17, 15) is 4.79 Å². The summed E-state index contributed by atoms with van der Waals surface area (Å²) in [6.45, 7) is 4.45. The van der Waals surface area contributed by atoms with Gasteiger partial charge in [0.05, 0.1) is 28.8 Å². The number of thiazole rings is 1. The Kier molecular flexibility index (Phi) is 5.60. The third-order valence-electron chi connectivity index (χ3n) is 5.37. The third-order valence-corrected chi connectivity index (χ3v) is 6.58. The van der Waals surface area contributed by atoms with Gasteiger partial charge in [-0.15, -0.1) is 11.3 Å². The van der Waals surface area contributed by atoms with Crippen LogP contribution in [-0.2, 0) is 4.79 Å². The van der Waals surface area contributed by atoms with E-state index in [0.29, 0.717) is 6.54 Å². The summed E-state index contributed by atoms with van der Waals surface area (Å²) >= 11 is 1.69. The minimum atomic E-state index is -0.0433. The van der Waals surface area contributed by atoms with Crippen molar-refractivity contribution >= 4 is 38.2 Å². The predicted molar refractivity (Wildman–Crippen MR) is 121 cm³/mol. The Hall–Kier alpha value is -2.76. The van der Waals surface area contributed by atoms with Gasteiger partial charge in [-0.05, 0) is 55.4 Å². The zero-order chi connectivity index (χ0) is 20.4. The number of para-hydroxylation sites is 1. The Balaban J connectivity index is 1.39. The van der Waals surface area contributed by atoms with Crippen LogP contribution >= 0.6 is 11.3 Å². The zero-order valence-corrected chi connectivity index (χ0v) is 17.7. The maximum atomic E-state index is 12.6. The van der Waals surface area contributed by atoms with Crippen LogP contribution in [0, 0.1) is 0 Å². The Morgan fingerprint density at radius 2 is 1.76 bits per heavy atom. The van der Waals surface area contributed by atoms with E-state index in [1.165, 1.54) is 15.5 Å². The van der Waals surface area contributed by atoms with Gasteiger partial charge in [-0.3, -0.25) is 9.69 Å². The van der Waals surface area contributed by atoms with E-state index in [0.717, 1.165) is 16.1 Å². The lowest BCUT2D eigenvalue weighted by Crippen LogP contribution is -2.37. The maximum absolute atomic E-state index is 12.6. The van der Waals surface area contributed by atoms with Crippen LogP contribution in [0.4, 0.5) is 0 Å². The molecule has 0 aliphatic heterocycles. The molecule has 5 heteroatoms. The standard InChI is InChI=1S/C24H25N3OS/c1-16(19-13-12-18-8-4-5-9-20(18)14-19)25-23(28)15-27(3)17(2)24-26-21-10-6-7-11-22(21)29-24/h4-14,16-17H,15H2,1-3H3,(H,25,28)/t16-,17-/m0/s1. The molecule has 4 nitrogen and oxygen atoms in total. The molecule has 1 heterocycles. The highest BCUT2D eigenvalue weighted by atomic mass is 32.1. The van der Waals surface area contributed by atoms with Crippen LogP contribution in [0.5, 0.6) is 0 Å². The summed E-state index contributed by atoms with van der Waals surface area (Å²) in [7, 11) is 1.97. The summed E-state index contributed by atoms with van der Waals surface area (Å²) in [5.74, 6) is 0.0149. The van der Waals surface area contributed by atoms with Gasteiger partial charge < -0.3 is 5.32 Å². The molecule has 0 spiro atoms. The fourth-order valence-electron chi connectivity index (χ4n) is 3.47. The van der Waals surface area contributed by atoms with Crippen LogP contribution in [0.25, 0.3) is 21.0 Å². The summed E-state index contributed by atoms with van der Waals surface area (Å²) in [5, 5.41) is 6.55. The summed E-state index contributed by atoms with van der Waals surface area (Å²) in [6.07, 6.45) is 0. The van der Waals surface area contributed by atoms with E-state index in [1.807, 2.05) is 49.2 Å². The molecule has 2 atom stereocenters. The number of nitrogens with one attached hydrogen (secondary N) is 1. The van der Waals surface area contributed by atoms with Gasteiger partial charge in [0.1, 0.15) is 5.01 Å². The molecule has 4 rings (SSSR count). The molecule has 0 bridgehead atoms. The van der Waals surface area contributed by atoms with Gasteiger partial charge in [0, 0.05) is 0 Å². The molecule has 4 aromatic rings. The number of fused-ring (bicyclic) bond motifs is 2. The normalized spacial score (nSPS) is 13.7. The van der Waals surface area contributed by atoms with Crippen LogP contribution < -0.4 is 5.32 Å². The molecule has 1 N–H and O–H groups in total. The van der Waals surface area contributed by atoms with Crippen molar-refractivity contribution in [3.8, 4) is 0 Å². The number of hydrogen-bond donors (Lipinski definition) is 1. The molecule has 0 saturated carbocycles. The second-order valence-electron chi connectivity index (χ2n) is 7.51. The van der Waals surface area contributed by atoms with Crippen molar-refractivity contribution in [2.24, 2.45) is 0 Å². The lowest BCUT2D eigenvalue weighted by molar-refractivity contribution is -0.123. The number of rotatable bonds is 6. The molecule has 1 amide bonds. The predicted octanol–water partition coefficient (Wildman–Crippen LogP) is 5.32. The largest absolute Gasteiger partial charge is 0.348 e. The van der Waals surface area contributed by atoms with Gasteiger partial charge >= 0.3 is 0 Å². The first-order valence-corrected chi connectivity index (χ1v) is 10.7. The summed E-state index contributed by atoms with van der Waals surface area (Å²) in [4.78, 5) is 19.4. The van der Waals surface area contributed by atoms with Crippen molar-refractivity contribution < 1.29 is 4.79 Å². The van der Waals surface area contributed by atoms with Crippen LogP contribution in [0.2, 0.25) is 0 Å². The highest BCUT2D eigenvalue weighted by Crippen LogP contribution is 2.28. The van der Waals surface area contributed by atoms with Gasteiger partial charge in [0.2, 0.25) is 5.91 Å². The van der Waals surface area contributed by atoms with Crippen LogP contribution in [0.3, 0.4) is 0 Å². The molecule has 0 fully saturated rings. The Bertz CT molecular complexity index is 1120. The van der Waals surface area contributed by atoms with E-state index in [-0.39, 0.29) is 18.0 Å². The molecule has 1 aromatic heterocycles. The monoisotopic (exact) mass is 403 g/mol. The second kappa shape index (κ2) is 8.31. The first kappa shape index (κ1) is 19.6. The number of hydrogen-bond acceptors (Lipinski definition) is 4. The summed E-state index contributed by atoms with van der Waals surface area (Å²) < 4.78 is 1.18. The molecule has 29 heavy (non-hydrogen) atoms. The molecular formula is C24H25N3OS. The molecule has 0 radical (unpaired) electrons. The summed E-state index contributed by atoms with van der Waals surface area (Å²) in [6, 6.07) is 22.8. The number of nitrogens with zero attached hydrogens (tertiary/aromatic N) is 2. The highest BCUT2D eigenvalue weighted by Gasteiger charge is 2.19. The van der Waals surface area contributed by atoms with Gasteiger partial charge in [0.25, 0.3) is 0 Å². The van der Waals surface area contributed by atoms with Crippen LogP contribution in [0.1, 0.15) is 36.5 Å². The second-order valence-corrected chi connectivity index (χ2v) is 8.57.